The van der Waals surface area contributed by atoms with Crippen molar-refractivity contribution in [2.45, 2.75) is 109 Å². The van der Waals surface area contributed by atoms with Crippen LogP contribution in [0.15, 0.2) is 54.6 Å². The first kappa shape index (κ1) is 40.8. The molecule has 2 aromatic carbocycles. The molecule has 0 spiro atoms. The number of carbonyl (C=O) groups excluding carboxylic acids is 6. The lowest BCUT2D eigenvalue weighted by atomic mass is 9.99. The van der Waals surface area contributed by atoms with Crippen LogP contribution >= 0.6 is 0 Å². The van der Waals surface area contributed by atoms with Crippen LogP contribution in [0.25, 0.3) is 0 Å². The Labute approximate surface area is 311 Å². The second-order valence-corrected chi connectivity index (χ2v) is 14.8. The van der Waals surface area contributed by atoms with E-state index in [0.29, 0.717) is 25.8 Å². The van der Waals surface area contributed by atoms with E-state index in [2.05, 4.69) is 26.6 Å². The molecule has 6 atom stereocenters. The molecule has 14 heteroatoms. The molecule has 0 saturated carbocycles. The Morgan fingerprint density at radius 2 is 1.53 bits per heavy atom. The van der Waals surface area contributed by atoms with Crippen LogP contribution in [0.3, 0.4) is 0 Å². The molecule has 4 rings (SSSR count). The van der Waals surface area contributed by atoms with E-state index in [0.717, 1.165) is 11.1 Å². The fourth-order valence-corrected chi connectivity index (χ4v) is 6.74. The number of carbonyl (C=O) groups is 6. The molecule has 0 unspecified atom stereocenters. The van der Waals surface area contributed by atoms with Gasteiger partial charge in [-0.25, -0.2) is 0 Å². The molecule has 0 aromatic heterocycles. The molecule has 288 valence electrons. The molecule has 2 aliphatic heterocycles. The van der Waals surface area contributed by atoms with E-state index in [1.54, 1.807) is 30.9 Å². The summed E-state index contributed by atoms with van der Waals surface area (Å²) in [7, 11) is 0. The predicted molar refractivity (Wildman–Crippen MR) is 199 cm³/mol. The van der Waals surface area contributed by atoms with Crippen molar-refractivity contribution in [2.75, 3.05) is 13.1 Å². The summed E-state index contributed by atoms with van der Waals surface area (Å²) in [5, 5.41) is 23.7. The van der Waals surface area contributed by atoms with Crippen molar-refractivity contribution in [3.8, 4) is 5.75 Å². The van der Waals surface area contributed by atoms with Crippen molar-refractivity contribution in [2.24, 2.45) is 17.6 Å². The first-order chi connectivity index (χ1) is 25.2. The summed E-state index contributed by atoms with van der Waals surface area (Å²) in [5.74, 6) is -3.30. The summed E-state index contributed by atoms with van der Waals surface area (Å²) < 4.78 is 0. The fraction of sp³-hybridized carbons (Fsp3) is 0.538. The van der Waals surface area contributed by atoms with Crippen molar-refractivity contribution in [1.82, 2.24) is 31.5 Å². The number of nitrogens with two attached hydrogens (primary N) is 1. The summed E-state index contributed by atoms with van der Waals surface area (Å²) in [6.07, 6.45) is 2.18. The summed E-state index contributed by atoms with van der Waals surface area (Å²) in [5.41, 5.74) is 7.73. The normalized spacial score (nSPS) is 22.8. The molecule has 53 heavy (non-hydrogen) atoms. The van der Waals surface area contributed by atoms with E-state index >= 15 is 0 Å². The number of fused-ring (bicyclic) bond motifs is 1. The fourth-order valence-electron chi connectivity index (χ4n) is 6.74. The van der Waals surface area contributed by atoms with Crippen LogP contribution < -0.4 is 32.3 Å². The number of phenols is 1. The molecular weight excluding hydrogens is 678 g/mol. The molecule has 2 fully saturated rings. The number of amides is 6. The maximum absolute atomic E-state index is 14.0. The van der Waals surface area contributed by atoms with Gasteiger partial charge < -0.3 is 42.3 Å². The number of nitrogens with one attached hydrogen (secondary N) is 5. The molecule has 0 radical (unpaired) electrons. The molecule has 2 heterocycles. The highest BCUT2D eigenvalue weighted by molar-refractivity contribution is 5.97. The lowest BCUT2D eigenvalue weighted by molar-refractivity contribution is -0.141. The second kappa shape index (κ2) is 19.2. The molecule has 2 aromatic rings. The summed E-state index contributed by atoms with van der Waals surface area (Å²) >= 11 is 0. The first-order valence-corrected chi connectivity index (χ1v) is 18.6. The Hall–Kier alpha value is -4.98. The first-order valence-electron chi connectivity index (χ1n) is 18.6. The summed E-state index contributed by atoms with van der Waals surface area (Å²) in [6, 6.07) is 9.74. The maximum Gasteiger partial charge on any atom is 0.246 e. The topological polar surface area (TPSA) is 212 Å². The van der Waals surface area contributed by atoms with Crippen LogP contribution in [-0.2, 0) is 41.6 Å². The number of hydrogen-bond acceptors (Lipinski definition) is 8. The quantitative estimate of drug-likeness (QED) is 0.177. The van der Waals surface area contributed by atoms with Crippen LogP contribution in [0, 0.1) is 11.8 Å². The standard InChI is InChI=1S/C39H55N7O7/c1-23(2)20-30-36(50)44-31(22-25-10-6-5-7-11-25)39(53)46-19-9-13-32(46)37(51)41-18-8-12-29(35(49)43-30)42-38(52)33(24(3)4)45-34(48)28(40)21-26-14-16-27(47)17-15-26/h5-7,10-11,14-17,23-24,28-33,47H,8-9,12-13,18-22,40H2,1-4H3,(H,41,51)(H,42,52)(H,43,49)(H,44,50)(H,45,48)/t28-,29+,30+,31-,32+,33+/m1/s1. The Morgan fingerprint density at radius 1 is 0.849 bits per heavy atom. The van der Waals surface area contributed by atoms with Crippen LogP contribution in [-0.4, -0.2) is 94.8 Å². The molecule has 0 bridgehead atoms. The lowest BCUT2D eigenvalue weighted by Gasteiger charge is -2.30. The third-order valence-electron chi connectivity index (χ3n) is 9.65. The zero-order valence-corrected chi connectivity index (χ0v) is 31.1. The number of benzene rings is 2. The van der Waals surface area contributed by atoms with Crippen molar-refractivity contribution < 1.29 is 33.9 Å². The molecule has 2 saturated heterocycles. The van der Waals surface area contributed by atoms with E-state index < -0.39 is 59.9 Å². The number of phenolic OH excluding ortho intramolecular Hbond substituents is 1. The van der Waals surface area contributed by atoms with Gasteiger partial charge in [-0.15, -0.1) is 0 Å². The van der Waals surface area contributed by atoms with E-state index in [-0.39, 0.29) is 61.6 Å². The molecule has 14 nitrogen and oxygen atoms in total. The smallest absolute Gasteiger partial charge is 0.246 e. The van der Waals surface area contributed by atoms with E-state index in [4.69, 9.17) is 5.73 Å². The van der Waals surface area contributed by atoms with Gasteiger partial charge in [0, 0.05) is 19.5 Å². The van der Waals surface area contributed by atoms with Gasteiger partial charge >= 0.3 is 0 Å². The van der Waals surface area contributed by atoms with E-state index in [1.165, 1.54) is 12.1 Å². The van der Waals surface area contributed by atoms with Gasteiger partial charge in [-0.2, -0.15) is 0 Å². The zero-order chi connectivity index (χ0) is 38.7. The molecule has 6 amide bonds. The van der Waals surface area contributed by atoms with E-state index in [1.807, 2.05) is 44.2 Å². The van der Waals surface area contributed by atoms with Gasteiger partial charge in [0.25, 0.3) is 0 Å². The monoisotopic (exact) mass is 733 g/mol. The Bertz CT molecular complexity index is 1580. The third-order valence-corrected chi connectivity index (χ3v) is 9.65. The Kier molecular flexibility index (Phi) is 14.8. The van der Waals surface area contributed by atoms with Gasteiger partial charge in [0.05, 0.1) is 6.04 Å². The lowest BCUT2D eigenvalue weighted by Crippen LogP contribution is -2.60. The average molecular weight is 734 g/mol. The predicted octanol–water partition coefficient (Wildman–Crippen LogP) is 1.05. The van der Waals surface area contributed by atoms with Gasteiger partial charge in [-0.3, -0.25) is 28.8 Å². The highest BCUT2D eigenvalue weighted by Gasteiger charge is 2.39. The van der Waals surface area contributed by atoms with Crippen molar-refractivity contribution in [1.29, 1.82) is 0 Å². The van der Waals surface area contributed by atoms with Crippen LogP contribution in [0.1, 0.15) is 70.9 Å². The van der Waals surface area contributed by atoms with Crippen LogP contribution in [0.2, 0.25) is 0 Å². The van der Waals surface area contributed by atoms with Gasteiger partial charge in [-0.1, -0.05) is 70.2 Å². The van der Waals surface area contributed by atoms with Crippen LogP contribution in [0.5, 0.6) is 5.75 Å². The van der Waals surface area contributed by atoms with Crippen molar-refractivity contribution in [3.63, 3.8) is 0 Å². The summed E-state index contributed by atoms with van der Waals surface area (Å²) in [4.78, 5) is 83.7. The second-order valence-electron chi connectivity index (χ2n) is 14.8. The average Bonchev–Trinajstić information content (AvgIpc) is 3.61. The van der Waals surface area contributed by atoms with Gasteiger partial charge in [-0.05, 0) is 73.6 Å². The number of hydrogen-bond donors (Lipinski definition) is 7. The molecule has 2 aliphatic rings. The SMILES string of the molecule is CC(C)C[C@@H]1NC(=O)[C@@H](NC(=O)[C@@H](NC(=O)[C@H](N)Cc2ccc(O)cc2)C(C)C)CCCNC(=O)[C@@H]2CCCN2C(=O)[C@@H](Cc2ccccc2)NC1=O. The molecule has 0 aliphatic carbocycles. The Morgan fingerprint density at radius 3 is 2.19 bits per heavy atom. The van der Waals surface area contributed by atoms with Gasteiger partial charge in [0.15, 0.2) is 0 Å². The van der Waals surface area contributed by atoms with Crippen molar-refractivity contribution >= 4 is 35.4 Å². The number of aromatic hydroxyl groups is 1. The minimum atomic E-state index is -1.11. The Balaban J connectivity index is 1.55. The molecular formula is C39H55N7O7. The largest absolute Gasteiger partial charge is 0.508 e. The van der Waals surface area contributed by atoms with E-state index in [9.17, 15) is 33.9 Å². The minimum Gasteiger partial charge on any atom is -0.508 e. The summed E-state index contributed by atoms with van der Waals surface area (Å²) in [6.45, 7) is 7.90. The zero-order valence-electron chi connectivity index (χ0n) is 31.1. The number of rotatable bonds is 11. The third kappa shape index (κ3) is 11.8. The number of nitrogens with zero attached hydrogens (tertiary/aromatic N) is 1. The molecule has 8 N–H and O–H groups in total. The highest BCUT2D eigenvalue weighted by Crippen LogP contribution is 2.21. The minimum absolute atomic E-state index is 0.0134. The van der Waals surface area contributed by atoms with Crippen molar-refractivity contribution in [3.05, 3.63) is 65.7 Å². The van der Waals surface area contributed by atoms with Gasteiger partial charge in [0.1, 0.15) is 36.0 Å². The highest BCUT2D eigenvalue weighted by atomic mass is 16.3. The van der Waals surface area contributed by atoms with Gasteiger partial charge in [0.2, 0.25) is 35.4 Å². The maximum atomic E-state index is 14.0. The van der Waals surface area contributed by atoms with Crippen LogP contribution in [0.4, 0.5) is 0 Å².